The highest BCUT2D eigenvalue weighted by atomic mass is 32.1. The molecule has 2 aromatic heterocycles. The predicted octanol–water partition coefficient (Wildman–Crippen LogP) is 7.04. The lowest BCUT2D eigenvalue weighted by Gasteiger charge is -2.24. The summed E-state index contributed by atoms with van der Waals surface area (Å²) in [6, 6.07) is 0. The summed E-state index contributed by atoms with van der Waals surface area (Å²) in [6.07, 6.45) is 0. The number of hydrogen-bond acceptors (Lipinski definition) is 14. The second-order valence-electron chi connectivity index (χ2n) is 7.93. The minimum absolute atomic E-state index is 0.00205. The van der Waals surface area contributed by atoms with Crippen molar-refractivity contribution in [2.24, 2.45) is 0 Å². The molecule has 18 heteroatoms. The fraction of sp³-hybridized carbons (Fsp3) is 0.667. The van der Waals surface area contributed by atoms with Crippen molar-refractivity contribution in [3.63, 3.8) is 0 Å². The van der Waals surface area contributed by atoms with Gasteiger partial charge in [-0.05, 0) is 55.4 Å². The highest BCUT2D eigenvalue weighted by molar-refractivity contribution is 7.71. The Morgan fingerprint density at radius 3 is 0.857 bits per heavy atom. The minimum Gasteiger partial charge on any atom is -0.305 e. The van der Waals surface area contributed by atoms with Crippen LogP contribution in [0.1, 0.15) is 55.4 Å². The first-order valence-electron chi connectivity index (χ1n) is 13.8. The second kappa shape index (κ2) is 17.1. The third-order valence-corrected chi connectivity index (χ3v) is 17.1. The van der Waals surface area contributed by atoms with E-state index in [0.29, 0.717) is 0 Å². The zero-order chi connectivity index (χ0) is 31.6. The molecule has 0 aliphatic rings. The van der Waals surface area contributed by atoms with Gasteiger partial charge in [0, 0.05) is 10.8 Å². The zero-order valence-electron chi connectivity index (χ0n) is 25.3. The maximum Gasteiger partial charge on any atom is 0.363 e. The first-order valence-corrected chi connectivity index (χ1v) is 21.7. The molecule has 0 amide bonds. The van der Waals surface area contributed by atoms with Crippen LogP contribution in [0.4, 0.5) is 0 Å². The molecule has 0 spiro atoms. The lowest BCUT2D eigenvalue weighted by Crippen LogP contribution is -2.30. The van der Waals surface area contributed by atoms with Crippen LogP contribution >= 0.6 is 53.1 Å². The fourth-order valence-electron chi connectivity index (χ4n) is 3.97. The van der Waals surface area contributed by atoms with Crippen LogP contribution in [0.15, 0.2) is 10.8 Å². The highest BCUT2D eigenvalue weighted by Gasteiger charge is 2.47. The quantitative estimate of drug-likeness (QED) is 0.123. The second-order valence-corrected chi connectivity index (χ2v) is 17.6. The smallest absolute Gasteiger partial charge is 0.305 e. The lowest BCUT2D eigenvalue weighted by molar-refractivity contribution is 0.226. The van der Waals surface area contributed by atoms with E-state index in [4.69, 9.17) is 36.2 Å². The maximum absolute atomic E-state index is 14.5. The largest absolute Gasteiger partial charge is 0.363 e. The van der Waals surface area contributed by atoms with Crippen molar-refractivity contribution in [3.8, 4) is 9.75 Å². The summed E-state index contributed by atoms with van der Waals surface area (Å²) in [5.41, 5.74) is 0. The van der Waals surface area contributed by atoms with Crippen molar-refractivity contribution in [3.05, 3.63) is 10.8 Å². The van der Waals surface area contributed by atoms with Crippen LogP contribution in [0, 0.1) is 0 Å². The van der Waals surface area contributed by atoms with Crippen LogP contribution in [0.25, 0.3) is 9.75 Å². The van der Waals surface area contributed by atoms with E-state index in [1.807, 2.05) is 0 Å². The summed E-state index contributed by atoms with van der Waals surface area (Å²) in [5, 5.41) is 2.88. The van der Waals surface area contributed by atoms with Crippen LogP contribution in [-0.2, 0) is 54.5 Å². The van der Waals surface area contributed by atoms with Gasteiger partial charge in [-0.3, -0.25) is 18.3 Å². The standard InChI is InChI=1S/C24H42O12P4S2/c1-9-29-37(25,30-10-2)19-17-41-23(21(19)39(27,33-13-5)34-14-6)24-22(40(28,35-15-7)36-16-8)20(18-42-24)38(26,31-11-3)32-12-4/h17-18H,9-16H2,1-8H3. The van der Waals surface area contributed by atoms with Crippen molar-refractivity contribution < 1.29 is 54.5 Å². The molecule has 0 fully saturated rings. The van der Waals surface area contributed by atoms with Gasteiger partial charge in [0.2, 0.25) is 0 Å². The molecule has 0 radical (unpaired) electrons. The van der Waals surface area contributed by atoms with E-state index >= 15 is 0 Å². The monoisotopic (exact) mass is 710 g/mol. The molecule has 242 valence electrons. The normalized spacial score (nSPS) is 13.2. The molecule has 0 unspecified atom stereocenters. The van der Waals surface area contributed by atoms with Gasteiger partial charge in [-0.1, -0.05) is 0 Å². The predicted molar refractivity (Wildman–Crippen MR) is 170 cm³/mol. The molecule has 0 atom stereocenters. The van der Waals surface area contributed by atoms with Crippen LogP contribution < -0.4 is 21.2 Å². The van der Waals surface area contributed by atoms with Crippen molar-refractivity contribution in [2.45, 2.75) is 55.4 Å². The number of rotatable bonds is 21. The summed E-state index contributed by atoms with van der Waals surface area (Å²) < 4.78 is 102. The van der Waals surface area contributed by atoms with Gasteiger partial charge in [0.05, 0.1) is 83.8 Å². The molecule has 0 aliphatic carbocycles. The zero-order valence-corrected chi connectivity index (χ0v) is 30.5. The molecule has 0 saturated heterocycles. The molecule has 12 nitrogen and oxygen atoms in total. The first-order chi connectivity index (χ1) is 19.9. The van der Waals surface area contributed by atoms with Crippen LogP contribution in [0.3, 0.4) is 0 Å². The maximum atomic E-state index is 14.5. The van der Waals surface area contributed by atoms with Gasteiger partial charge in [-0.15, -0.1) is 22.7 Å². The van der Waals surface area contributed by atoms with Crippen LogP contribution in [-0.4, -0.2) is 52.9 Å². The Balaban J connectivity index is 3.17. The van der Waals surface area contributed by atoms with Crippen molar-refractivity contribution in [1.82, 2.24) is 0 Å². The summed E-state index contributed by atoms with van der Waals surface area (Å²) in [6.45, 7) is 13.4. The van der Waals surface area contributed by atoms with Gasteiger partial charge < -0.3 is 36.2 Å². The molecule has 0 saturated carbocycles. The molecule has 0 bridgehead atoms. The molecule has 0 aromatic carbocycles. The third-order valence-electron chi connectivity index (χ3n) is 5.23. The molecule has 0 N–H and O–H groups in total. The van der Waals surface area contributed by atoms with E-state index in [-0.39, 0.29) is 83.8 Å². The SMILES string of the molecule is CCOP(=O)(OCC)c1csc(-c2scc(P(=O)(OCC)OCC)c2P(=O)(OCC)OCC)c1P(=O)(OCC)OCC. The Kier molecular flexibility index (Phi) is 15.5. The Labute approximate surface area is 256 Å². The summed E-state index contributed by atoms with van der Waals surface area (Å²) in [7, 11) is -16.4. The van der Waals surface area contributed by atoms with Crippen LogP contribution in [0.2, 0.25) is 0 Å². The Morgan fingerprint density at radius 2 is 0.643 bits per heavy atom. The van der Waals surface area contributed by atoms with Gasteiger partial charge in [-0.2, -0.15) is 0 Å². The average molecular weight is 711 g/mol. The van der Waals surface area contributed by atoms with E-state index < -0.39 is 30.4 Å². The summed E-state index contributed by atoms with van der Waals surface area (Å²) in [5.74, 6) is 0. The van der Waals surface area contributed by atoms with Gasteiger partial charge in [0.25, 0.3) is 0 Å². The van der Waals surface area contributed by atoms with Gasteiger partial charge in [-0.25, -0.2) is 0 Å². The fourth-order valence-corrected chi connectivity index (χ4v) is 16.3. The van der Waals surface area contributed by atoms with Crippen molar-refractivity contribution in [2.75, 3.05) is 52.9 Å². The van der Waals surface area contributed by atoms with E-state index in [9.17, 15) is 18.3 Å². The highest BCUT2D eigenvalue weighted by Crippen LogP contribution is 2.59. The minimum atomic E-state index is -4.19. The molecular weight excluding hydrogens is 668 g/mol. The van der Waals surface area contributed by atoms with Gasteiger partial charge in [0.15, 0.2) is 0 Å². The van der Waals surface area contributed by atoms with Crippen molar-refractivity contribution >= 4 is 74.3 Å². The number of thiophene rings is 2. The van der Waals surface area contributed by atoms with Crippen molar-refractivity contribution in [1.29, 1.82) is 0 Å². The number of hydrogen-bond donors (Lipinski definition) is 0. The van der Waals surface area contributed by atoms with Crippen LogP contribution in [0.5, 0.6) is 0 Å². The van der Waals surface area contributed by atoms with E-state index in [0.717, 1.165) is 22.7 Å². The third kappa shape index (κ3) is 8.23. The topological polar surface area (TPSA) is 142 Å². The van der Waals surface area contributed by atoms with Gasteiger partial charge in [0.1, 0.15) is 0 Å². The molecule has 2 aromatic rings. The summed E-state index contributed by atoms with van der Waals surface area (Å²) in [4.78, 5) is 0.473. The molecule has 2 heterocycles. The molecular formula is C24H42O12P4S2. The molecule has 42 heavy (non-hydrogen) atoms. The molecule has 2 rings (SSSR count). The van der Waals surface area contributed by atoms with E-state index in [2.05, 4.69) is 0 Å². The molecule has 0 aliphatic heterocycles. The summed E-state index contributed by atoms with van der Waals surface area (Å²) >= 11 is 2.09. The Hall–Kier alpha value is -0.0000000000000000971. The lowest BCUT2D eigenvalue weighted by atomic mass is 10.4. The first kappa shape index (κ1) is 38.2. The Bertz CT molecular complexity index is 1200. The van der Waals surface area contributed by atoms with E-state index in [1.165, 1.54) is 10.8 Å². The Morgan fingerprint density at radius 1 is 0.429 bits per heavy atom. The van der Waals surface area contributed by atoms with E-state index in [1.54, 1.807) is 55.4 Å². The van der Waals surface area contributed by atoms with Gasteiger partial charge >= 0.3 is 30.4 Å². The average Bonchev–Trinajstić information content (AvgIpc) is 3.56.